The molecule has 0 fully saturated rings. The topological polar surface area (TPSA) is 62.3 Å². The van der Waals surface area contributed by atoms with Crippen LogP contribution in [-0.4, -0.2) is 23.8 Å². The van der Waals surface area contributed by atoms with Gasteiger partial charge in [0.05, 0.1) is 11.3 Å². The van der Waals surface area contributed by atoms with Crippen molar-refractivity contribution >= 4 is 17.5 Å². The number of nitrogens with zero attached hydrogens (tertiary/aromatic N) is 2. The first-order chi connectivity index (χ1) is 10.1. The highest BCUT2D eigenvalue weighted by molar-refractivity contribution is 6.33. The molecule has 1 aromatic carbocycles. The van der Waals surface area contributed by atoms with Crippen LogP contribution in [0.2, 0.25) is 0 Å². The van der Waals surface area contributed by atoms with E-state index in [0.29, 0.717) is 11.3 Å². The number of benzene rings is 1. The zero-order valence-corrected chi connectivity index (χ0v) is 11.8. The molecule has 3 rings (SSSR count). The molecule has 0 saturated carbocycles. The van der Waals surface area contributed by atoms with Crippen molar-refractivity contribution in [2.75, 3.05) is 11.9 Å². The van der Waals surface area contributed by atoms with Crippen molar-refractivity contribution in [3.8, 4) is 0 Å². The molecule has 1 unspecified atom stereocenters. The van der Waals surface area contributed by atoms with Crippen LogP contribution >= 0.6 is 0 Å². The van der Waals surface area contributed by atoms with Crippen LogP contribution in [0.25, 0.3) is 0 Å². The Labute approximate surface area is 122 Å². The number of hydrogen-bond acceptors (Lipinski definition) is 4. The largest absolute Gasteiger partial charge is 0.313 e. The smallest absolute Gasteiger partial charge is 0.284 e. The van der Waals surface area contributed by atoms with E-state index in [2.05, 4.69) is 10.3 Å². The molecule has 0 bridgehead atoms. The summed E-state index contributed by atoms with van der Waals surface area (Å²) in [7, 11) is 1.84. The summed E-state index contributed by atoms with van der Waals surface area (Å²) in [5.74, 6) is -0.690. The van der Waals surface area contributed by atoms with Crippen LogP contribution in [0, 0.1) is 0 Å². The number of pyridine rings is 1. The third kappa shape index (κ3) is 2.02. The van der Waals surface area contributed by atoms with Gasteiger partial charge in [-0.1, -0.05) is 18.2 Å². The van der Waals surface area contributed by atoms with E-state index in [-0.39, 0.29) is 23.6 Å². The Balaban J connectivity index is 2.12. The minimum atomic E-state index is -0.369. The Kier molecular flexibility index (Phi) is 3.27. The van der Waals surface area contributed by atoms with E-state index in [1.54, 1.807) is 18.2 Å². The molecular weight excluding hydrogens is 266 g/mol. The normalized spacial score (nSPS) is 15.2. The highest BCUT2D eigenvalue weighted by Gasteiger charge is 2.38. The van der Waals surface area contributed by atoms with E-state index in [1.165, 1.54) is 11.1 Å². The molecule has 2 heterocycles. The van der Waals surface area contributed by atoms with E-state index < -0.39 is 0 Å². The van der Waals surface area contributed by atoms with Gasteiger partial charge in [0.2, 0.25) is 0 Å². The number of carbonyl (C=O) groups excluding carboxylic acids is 2. The van der Waals surface area contributed by atoms with Crippen molar-refractivity contribution in [1.82, 2.24) is 10.3 Å². The van der Waals surface area contributed by atoms with Gasteiger partial charge < -0.3 is 5.32 Å². The summed E-state index contributed by atoms with van der Waals surface area (Å²) in [6.45, 7) is 1.98. The maximum Gasteiger partial charge on any atom is 0.284 e. The lowest BCUT2D eigenvalue weighted by Gasteiger charge is -2.21. The van der Waals surface area contributed by atoms with Gasteiger partial charge in [-0.15, -0.1) is 0 Å². The number of carbonyl (C=O) groups is 2. The van der Waals surface area contributed by atoms with Crippen LogP contribution in [0.3, 0.4) is 0 Å². The molecule has 0 radical (unpaired) electrons. The van der Waals surface area contributed by atoms with Crippen LogP contribution in [0.1, 0.15) is 39.4 Å². The Hall–Kier alpha value is -2.53. The monoisotopic (exact) mass is 281 g/mol. The van der Waals surface area contributed by atoms with E-state index >= 15 is 0 Å². The summed E-state index contributed by atoms with van der Waals surface area (Å²) < 4.78 is 0. The lowest BCUT2D eigenvalue weighted by Crippen LogP contribution is -2.31. The standard InChI is InChI=1S/C16H15N3O2/c1-10(17-2)11-6-3-4-8-13(11)19-15(20)12-7-5-9-18-14(12)16(19)21/h3-10,17H,1-2H3. The van der Waals surface area contributed by atoms with E-state index in [9.17, 15) is 9.59 Å². The average molecular weight is 281 g/mol. The average Bonchev–Trinajstić information content (AvgIpc) is 2.78. The van der Waals surface area contributed by atoms with E-state index in [0.717, 1.165) is 5.56 Å². The fourth-order valence-corrected chi connectivity index (χ4v) is 2.50. The van der Waals surface area contributed by atoms with Crippen molar-refractivity contribution in [3.05, 3.63) is 59.4 Å². The third-order valence-corrected chi connectivity index (χ3v) is 3.72. The van der Waals surface area contributed by atoms with Crippen LogP contribution in [-0.2, 0) is 0 Å². The SMILES string of the molecule is CNC(C)c1ccccc1N1C(=O)c2cccnc2C1=O. The molecule has 1 aliphatic heterocycles. The second kappa shape index (κ2) is 5.10. The van der Waals surface area contributed by atoms with Gasteiger partial charge in [-0.3, -0.25) is 14.6 Å². The van der Waals surface area contributed by atoms with Gasteiger partial charge in [-0.25, -0.2) is 4.90 Å². The minimum Gasteiger partial charge on any atom is -0.313 e. The molecule has 0 saturated heterocycles. The molecule has 1 N–H and O–H groups in total. The number of para-hydroxylation sites is 1. The Bertz CT molecular complexity index is 692. The number of rotatable bonds is 3. The minimum absolute atomic E-state index is 0.0264. The molecule has 2 amide bonds. The number of hydrogen-bond donors (Lipinski definition) is 1. The fraction of sp³-hybridized carbons (Fsp3) is 0.188. The van der Waals surface area contributed by atoms with Gasteiger partial charge >= 0.3 is 0 Å². The summed E-state index contributed by atoms with van der Waals surface area (Å²) in [6, 6.07) is 10.7. The van der Waals surface area contributed by atoms with Gasteiger partial charge in [-0.05, 0) is 37.7 Å². The Morgan fingerprint density at radius 1 is 1.10 bits per heavy atom. The second-order valence-electron chi connectivity index (χ2n) is 4.91. The first kappa shape index (κ1) is 13.5. The quantitative estimate of drug-likeness (QED) is 0.876. The summed E-state index contributed by atoms with van der Waals surface area (Å²) in [5, 5.41) is 3.13. The van der Waals surface area contributed by atoms with Crippen LogP contribution < -0.4 is 10.2 Å². The number of anilines is 1. The first-order valence-electron chi connectivity index (χ1n) is 6.75. The maximum absolute atomic E-state index is 12.5. The summed E-state index contributed by atoms with van der Waals surface area (Å²) >= 11 is 0. The van der Waals surface area contributed by atoms with Crippen molar-refractivity contribution < 1.29 is 9.59 Å². The molecule has 106 valence electrons. The number of amides is 2. The summed E-state index contributed by atoms with van der Waals surface area (Å²) in [6.07, 6.45) is 1.52. The maximum atomic E-state index is 12.5. The predicted octanol–water partition coefficient (Wildman–Crippen LogP) is 2.16. The molecule has 1 atom stereocenters. The van der Waals surface area contributed by atoms with E-state index in [4.69, 9.17) is 0 Å². The van der Waals surface area contributed by atoms with Gasteiger partial charge in [0.25, 0.3) is 11.8 Å². The molecule has 5 heteroatoms. The van der Waals surface area contributed by atoms with Crippen LogP contribution in [0.4, 0.5) is 5.69 Å². The van der Waals surface area contributed by atoms with Gasteiger partial charge in [0.15, 0.2) is 0 Å². The Morgan fingerprint density at radius 2 is 1.86 bits per heavy atom. The van der Waals surface area contributed by atoms with Gasteiger partial charge in [0.1, 0.15) is 5.69 Å². The molecule has 0 spiro atoms. The van der Waals surface area contributed by atoms with Crippen molar-refractivity contribution in [1.29, 1.82) is 0 Å². The van der Waals surface area contributed by atoms with Crippen LogP contribution in [0.5, 0.6) is 0 Å². The Morgan fingerprint density at radius 3 is 2.57 bits per heavy atom. The molecule has 0 aliphatic carbocycles. The zero-order chi connectivity index (χ0) is 15.0. The van der Waals surface area contributed by atoms with Crippen molar-refractivity contribution in [2.45, 2.75) is 13.0 Å². The molecule has 2 aromatic rings. The second-order valence-corrected chi connectivity index (χ2v) is 4.91. The first-order valence-corrected chi connectivity index (χ1v) is 6.75. The third-order valence-electron chi connectivity index (χ3n) is 3.72. The molecule has 21 heavy (non-hydrogen) atoms. The summed E-state index contributed by atoms with van der Waals surface area (Å²) in [4.78, 5) is 30.3. The lowest BCUT2D eigenvalue weighted by molar-refractivity contribution is 0.0924. The van der Waals surface area contributed by atoms with Crippen molar-refractivity contribution in [2.24, 2.45) is 0 Å². The summed E-state index contributed by atoms with van der Waals surface area (Å²) in [5.41, 5.74) is 2.07. The highest BCUT2D eigenvalue weighted by Crippen LogP contribution is 2.32. The van der Waals surface area contributed by atoms with Crippen molar-refractivity contribution in [3.63, 3.8) is 0 Å². The number of fused-ring (bicyclic) bond motifs is 1. The van der Waals surface area contributed by atoms with E-state index in [1.807, 2.05) is 32.2 Å². The highest BCUT2D eigenvalue weighted by atomic mass is 16.2. The lowest BCUT2D eigenvalue weighted by atomic mass is 10.1. The number of aromatic nitrogens is 1. The fourth-order valence-electron chi connectivity index (χ4n) is 2.50. The number of nitrogens with one attached hydrogen (secondary N) is 1. The molecule has 5 nitrogen and oxygen atoms in total. The molecule has 1 aromatic heterocycles. The molecule has 1 aliphatic rings. The zero-order valence-electron chi connectivity index (χ0n) is 11.8. The number of imide groups is 1. The van der Waals surface area contributed by atoms with Crippen LogP contribution in [0.15, 0.2) is 42.6 Å². The molecular formula is C16H15N3O2. The predicted molar refractivity (Wildman–Crippen MR) is 79.3 cm³/mol. The van der Waals surface area contributed by atoms with Gasteiger partial charge in [-0.2, -0.15) is 0 Å². The van der Waals surface area contributed by atoms with Gasteiger partial charge in [0, 0.05) is 12.2 Å².